The topological polar surface area (TPSA) is 30.2 Å². The minimum Gasteiger partial charge on any atom is -0.256 e. The van der Waals surface area contributed by atoms with Gasteiger partial charge in [0.05, 0.1) is 5.69 Å². The summed E-state index contributed by atoms with van der Waals surface area (Å²) in [6.45, 7) is 6.97. The van der Waals surface area contributed by atoms with Crippen LogP contribution in [-0.4, -0.2) is 15.5 Å². The van der Waals surface area contributed by atoms with Crippen LogP contribution in [0.1, 0.15) is 18.1 Å². The van der Waals surface area contributed by atoms with Gasteiger partial charge in [0.2, 0.25) is 4.80 Å². The summed E-state index contributed by atoms with van der Waals surface area (Å²) in [6, 6.07) is 17.0. The molecule has 1 heterocycles. The van der Waals surface area contributed by atoms with E-state index >= 15 is 0 Å². The van der Waals surface area contributed by atoms with Crippen LogP contribution >= 0.6 is 11.5 Å². The molecule has 0 atom stereocenters. The van der Waals surface area contributed by atoms with Gasteiger partial charge in [-0.1, -0.05) is 47.5 Å². The van der Waals surface area contributed by atoms with E-state index in [0.717, 1.165) is 28.4 Å². The lowest BCUT2D eigenvalue weighted by Crippen LogP contribution is -1.98. The van der Waals surface area contributed by atoms with Crippen molar-refractivity contribution in [3.63, 3.8) is 0 Å². The first-order valence-corrected chi connectivity index (χ1v) is 8.19. The molecule has 3 aromatic rings. The molecule has 0 aliphatic carbocycles. The molecule has 0 unspecified atom stereocenters. The van der Waals surface area contributed by atoms with Crippen molar-refractivity contribution in [2.75, 3.05) is 6.54 Å². The fraction of sp³-hybridized carbons (Fsp3) is 0.222. The van der Waals surface area contributed by atoms with Gasteiger partial charge in [-0.15, -0.1) is 0 Å². The van der Waals surface area contributed by atoms with Gasteiger partial charge in [-0.25, -0.2) is 3.96 Å². The molecule has 0 aliphatic rings. The van der Waals surface area contributed by atoms with Gasteiger partial charge in [0.1, 0.15) is 0 Å². The third-order valence-corrected chi connectivity index (χ3v) is 4.39. The number of rotatable bonds is 3. The van der Waals surface area contributed by atoms with Crippen LogP contribution < -0.4 is 4.80 Å². The molecular formula is C18H19N3S. The SMILES string of the molecule is CCN=c1nc(-c2ccc(C)cc2)n(-c2ccc(C)cc2)s1. The number of aromatic nitrogens is 2. The van der Waals surface area contributed by atoms with E-state index in [1.54, 1.807) is 11.5 Å². The predicted molar refractivity (Wildman–Crippen MR) is 92.5 cm³/mol. The molecule has 2 aromatic carbocycles. The van der Waals surface area contributed by atoms with Crippen LogP contribution in [0.25, 0.3) is 17.1 Å². The fourth-order valence-corrected chi connectivity index (χ4v) is 3.16. The second-order valence-electron chi connectivity index (χ2n) is 5.28. The number of hydrogen-bond acceptors (Lipinski definition) is 3. The zero-order valence-corrected chi connectivity index (χ0v) is 13.9. The Hall–Kier alpha value is -2.20. The standard InChI is InChI=1S/C18H19N3S/c1-4-19-18-20-17(15-9-5-13(2)6-10-15)21(22-18)16-11-7-14(3)8-12-16/h5-12H,4H2,1-3H3. The molecule has 0 bridgehead atoms. The lowest BCUT2D eigenvalue weighted by molar-refractivity contribution is 1.03. The summed E-state index contributed by atoms with van der Waals surface area (Å²) < 4.78 is 2.15. The molecule has 0 saturated carbocycles. The third kappa shape index (κ3) is 3.02. The molecule has 4 heteroatoms. The van der Waals surface area contributed by atoms with Gasteiger partial charge in [0, 0.05) is 12.1 Å². The summed E-state index contributed by atoms with van der Waals surface area (Å²) in [5.41, 5.74) is 4.74. The van der Waals surface area contributed by atoms with Crippen molar-refractivity contribution in [3.8, 4) is 17.1 Å². The van der Waals surface area contributed by atoms with Crippen LogP contribution in [0.5, 0.6) is 0 Å². The molecule has 0 N–H and O–H groups in total. The molecule has 22 heavy (non-hydrogen) atoms. The molecule has 0 fully saturated rings. The summed E-state index contributed by atoms with van der Waals surface area (Å²) in [7, 11) is 0. The third-order valence-electron chi connectivity index (χ3n) is 3.44. The van der Waals surface area contributed by atoms with Gasteiger partial charge in [-0.05, 0) is 44.4 Å². The van der Waals surface area contributed by atoms with E-state index in [2.05, 4.69) is 71.3 Å². The molecule has 0 spiro atoms. The van der Waals surface area contributed by atoms with E-state index in [1.165, 1.54) is 11.1 Å². The molecular weight excluding hydrogens is 290 g/mol. The van der Waals surface area contributed by atoms with Crippen LogP contribution in [0.3, 0.4) is 0 Å². The number of aryl methyl sites for hydroxylation is 2. The molecule has 112 valence electrons. The van der Waals surface area contributed by atoms with Gasteiger partial charge in [0.15, 0.2) is 5.82 Å². The lowest BCUT2D eigenvalue weighted by atomic mass is 10.1. The van der Waals surface area contributed by atoms with Gasteiger partial charge >= 0.3 is 0 Å². The Labute approximate surface area is 134 Å². The van der Waals surface area contributed by atoms with E-state index in [1.807, 2.05) is 6.92 Å². The summed E-state index contributed by atoms with van der Waals surface area (Å²) in [4.78, 5) is 9.99. The van der Waals surface area contributed by atoms with E-state index in [-0.39, 0.29) is 0 Å². The average Bonchev–Trinajstić information content (AvgIpc) is 2.93. The van der Waals surface area contributed by atoms with E-state index < -0.39 is 0 Å². The van der Waals surface area contributed by atoms with Crippen molar-refractivity contribution in [2.24, 2.45) is 4.99 Å². The summed E-state index contributed by atoms with van der Waals surface area (Å²) in [5, 5.41) is 0. The van der Waals surface area contributed by atoms with Crippen molar-refractivity contribution in [1.29, 1.82) is 0 Å². The Morgan fingerprint density at radius 2 is 1.55 bits per heavy atom. The average molecular weight is 309 g/mol. The van der Waals surface area contributed by atoms with Gasteiger partial charge in [-0.3, -0.25) is 4.99 Å². The molecule has 0 aliphatic heterocycles. The highest BCUT2D eigenvalue weighted by Gasteiger charge is 2.10. The minimum absolute atomic E-state index is 0.745. The Morgan fingerprint density at radius 3 is 2.14 bits per heavy atom. The monoisotopic (exact) mass is 309 g/mol. The quantitative estimate of drug-likeness (QED) is 0.715. The smallest absolute Gasteiger partial charge is 0.223 e. The highest BCUT2D eigenvalue weighted by molar-refractivity contribution is 7.04. The molecule has 3 nitrogen and oxygen atoms in total. The summed E-state index contributed by atoms with van der Waals surface area (Å²) >= 11 is 1.58. The van der Waals surface area contributed by atoms with Crippen LogP contribution in [-0.2, 0) is 0 Å². The first kappa shape index (κ1) is 14.7. The maximum atomic E-state index is 4.71. The number of hydrogen-bond donors (Lipinski definition) is 0. The summed E-state index contributed by atoms with van der Waals surface area (Å²) in [5.74, 6) is 0.945. The van der Waals surface area contributed by atoms with Crippen molar-refractivity contribution in [2.45, 2.75) is 20.8 Å². The Kier molecular flexibility index (Phi) is 4.20. The zero-order valence-electron chi connectivity index (χ0n) is 13.1. The van der Waals surface area contributed by atoms with Gasteiger partial charge in [-0.2, -0.15) is 4.98 Å². The second-order valence-corrected chi connectivity index (χ2v) is 6.19. The van der Waals surface area contributed by atoms with Gasteiger partial charge < -0.3 is 0 Å². The van der Waals surface area contributed by atoms with E-state index in [4.69, 9.17) is 4.98 Å². The Balaban J connectivity index is 2.17. The predicted octanol–water partition coefficient (Wildman–Crippen LogP) is 4.14. The van der Waals surface area contributed by atoms with E-state index in [0.29, 0.717) is 0 Å². The molecule has 3 rings (SSSR count). The lowest BCUT2D eigenvalue weighted by Gasteiger charge is -2.07. The minimum atomic E-state index is 0.745. The largest absolute Gasteiger partial charge is 0.256 e. The van der Waals surface area contributed by atoms with Crippen LogP contribution in [0, 0.1) is 13.8 Å². The molecule has 0 radical (unpaired) electrons. The Morgan fingerprint density at radius 1 is 0.955 bits per heavy atom. The number of benzene rings is 2. The first-order valence-electron chi connectivity index (χ1n) is 7.42. The maximum Gasteiger partial charge on any atom is 0.223 e. The van der Waals surface area contributed by atoms with E-state index in [9.17, 15) is 0 Å². The maximum absolute atomic E-state index is 4.71. The van der Waals surface area contributed by atoms with Crippen LogP contribution in [0.4, 0.5) is 0 Å². The summed E-state index contributed by atoms with van der Waals surface area (Å²) in [6.07, 6.45) is 0. The molecule has 0 amide bonds. The Bertz CT molecular complexity index is 758. The molecule has 1 aromatic heterocycles. The van der Waals surface area contributed by atoms with Crippen molar-refractivity contribution < 1.29 is 0 Å². The number of nitrogens with zero attached hydrogens (tertiary/aromatic N) is 3. The zero-order chi connectivity index (χ0) is 15.5. The highest BCUT2D eigenvalue weighted by Crippen LogP contribution is 2.23. The highest BCUT2D eigenvalue weighted by atomic mass is 32.1. The van der Waals surface area contributed by atoms with Crippen LogP contribution in [0.2, 0.25) is 0 Å². The second kappa shape index (κ2) is 6.28. The van der Waals surface area contributed by atoms with Crippen LogP contribution in [0.15, 0.2) is 53.5 Å². The normalized spacial score (nSPS) is 11.9. The fourth-order valence-electron chi connectivity index (χ4n) is 2.22. The van der Waals surface area contributed by atoms with Crippen molar-refractivity contribution in [1.82, 2.24) is 8.94 Å². The first-order chi connectivity index (χ1) is 10.7. The van der Waals surface area contributed by atoms with Crippen molar-refractivity contribution in [3.05, 3.63) is 64.5 Å². The molecule has 0 saturated heterocycles. The van der Waals surface area contributed by atoms with Gasteiger partial charge in [0.25, 0.3) is 0 Å². The van der Waals surface area contributed by atoms with Crippen molar-refractivity contribution >= 4 is 11.5 Å².